The molecule has 2 aromatic carbocycles. The van der Waals surface area contributed by atoms with Crippen LogP contribution in [0.1, 0.15) is 22.8 Å². The molecule has 2 rings (SSSR count). The standard InChI is InChI=1S/C14H11F3O/c1-8-6-10(13(17)7-12(8)16)14(18)9-4-2-3-5-11(9)15/h2-7,14,18H,1H3. The Bertz CT molecular complexity index is 581. The molecule has 0 aromatic heterocycles. The van der Waals surface area contributed by atoms with Crippen LogP contribution in [-0.4, -0.2) is 5.11 Å². The van der Waals surface area contributed by atoms with E-state index in [9.17, 15) is 18.3 Å². The van der Waals surface area contributed by atoms with E-state index in [1.807, 2.05) is 0 Å². The minimum absolute atomic E-state index is 0.0394. The van der Waals surface area contributed by atoms with E-state index in [0.717, 1.165) is 0 Å². The van der Waals surface area contributed by atoms with Crippen LogP contribution < -0.4 is 0 Å². The first kappa shape index (κ1) is 12.6. The molecular formula is C14H11F3O. The maximum absolute atomic E-state index is 13.6. The maximum Gasteiger partial charge on any atom is 0.132 e. The number of halogens is 3. The topological polar surface area (TPSA) is 20.2 Å². The fourth-order valence-corrected chi connectivity index (χ4v) is 1.75. The Balaban J connectivity index is 2.50. The van der Waals surface area contributed by atoms with Gasteiger partial charge in [-0.15, -0.1) is 0 Å². The van der Waals surface area contributed by atoms with Gasteiger partial charge in [-0.25, -0.2) is 13.2 Å². The molecule has 0 amide bonds. The molecule has 0 saturated heterocycles. The quantitative estimate of drug-likeness (QED) is 0.867. The predicted octanol–water partition coefficient (Wildman–Crippen LogP) is 3.49. The van der Waals surface area contributed by atoms with Crippen LogP contribution in [0.25, 0.3) is 0 Å². The van der Waals surface area contributed by atoms with Gasteiger partial charge in [0.15, 0.2) is 0 Å². The van der Waals surface area contributed by atoms with Crippen molar-refractivity contribution in [2.75, 3.05) is 0 Å². The molecule has 1 N–H and O–H groups in total. The molecule has 1 unspecified atom stereocenters. The third-order valence-corrected chi connectivity index (χ3v) is 2.77. The van der Waals surface area contributed by atoms with Crippen LogP contribution in [0.5, 0.6) is 0 Å². The SMILES string of the molecule is Cc1cc(C(O)c2ccccc2F)c(F)cc1F. The third-order valence-electron chi connectivity index (χ3n) is 2.77. The van der Waals surface area contributed by atoms with Gasteiger partial charge >= 0.3 is 0 Å². The van der Waals surface area contributed by atoms with Gasteiger partial charge in [-0.1, -0.05) is 18.2 Å². The molecule has 0 bridgehead atoms. The van der Waals surface area contributed by atoms with Gasteiger partial charge in [-0.05, 0) is 24.6 Å². The summed E-state index contributed by atoms with van der Waals surface area (Å²) in [5.41, 5.74) is 0.0168. The Morgan fingerprint density at radius 1 is 0.889 bits per heavy atom. The van der Waals surface area contributed by atoms with Crippen molar-refractivity contribution in [3.63, 3.8) is 0 Å². The van der Waals surface area contributed by atoms with Gasteiger partial charge in [0.1, 0.15) is 23.6 Å². The molecule has 94 valence electrons. The summed E-state index contributed by atoms with van der Waals surface area (Å²) < 4.78 is 40.2. The molecule has 0 aliphatic heterocycles. The average Bonchev–Trinajstić information content (AvgIpc) is 2.33. The van der Waals surface area contributed by atoms with Crippen LogP contribution in [0.3, 0.4) is 0 Å². The molecule has 0 heterocycles. The minimum atomic E-state index is -1.45. The Hall–Kier alpha value is -1.81. The maximum atomic E-state index is 13.6. The highest BCUT2D eigenvalue weighted by Gasteiger charge is 2.19. The molecule has 4 heteroatoms. The summed E-state index contributed by atoms with van der Waals surface area (Å²) in [6.45, 7) is 1.45. The summed E-state index contributed by atoms with van der Waals surface area (Å²) in [5.74, 6) is -2.22. The molecule has 0 spiro atoms. The second kappa shape index (κ2) is 4.82. The molecule has 0 aliphatic carbocycles. The largest absolute Gasteiger partial charge is 0.383 e. The van der Waals surface area contributed by atoms with Crippen LogP contribution in [0, 0.1) is 24.4 Å². The van der Waals surface area contributed by atoms with Gasteiger partial charge in [0, 0.05) is 17.2 Å². The molecule has 2 aromatic rings. The lowest BCUT2D eigenvalue weighted by atomic mass is 9.99. The Morgan fingerprint density at radius 3 is 2.22 bits per heavy atom. The van der Waals surface area contributed by atoms with Crippen molar-refractivity contribution in [3.8, 4) is 0 Å². The number of aliphatic hydroxyl groups is 1. The molecule has 0 radical (unpaired) electrons. The van der Waals surface area contributed by atoms with E-state index in [0.29, 0.717) is 6.07 Å². The van der Waals surface area contributed by atoms with Crippen LogP contribution in [0.2, 0.25) is 0 Å². The van der Waals surface area contributed by atoms with Crippen LogP contribution in [-0.2, 0) is 0 Å². The summed E-state index contributed by atoms with van der Waals surface area (Å²) in [6.07, 6.45) is -1.45. The zero-order chi connectivity index (χ0) is 13.3. The van der Waals surface area contributed by atoms with Gasteiger partial charge in [0.2, 0.25) is 0 Å². The van der Waals surface area contributed by atoms with Crippen LogP contribution in [0.15, 0.2) is 36.4 Å². The van der Waals surface area contributed by atoms with Crippen molar-refractivity contribution in [1.82, 2.24) is 0 Å². The molecule has 1 nitrogen and oxygen atoms in total. The number of benzene rings is 2. The van der Waals surface area contributed by atoms with E-state index >= 15 is 0 Å². The first-order chi connectivity index (χ1) is 8.50. The van der Waals surface area contributed by atoms with Crippen molar-refractivity contribution in [1.29, 1.82) is 0 Å². The molecular weight excluding hydrogens is 241 g/mol. The van der Waals surface area contributed by atoms with E-state index < -0.39 is 23.6 Å². The highest BCUT2D eigenvalue weighted by molar-refractivity contribution is 5.34. The summed E-state index contributed by atoms with van der Waals surface area (Å²) in [5, 5.41) is 9.97. The van der Waals surface area contributed by atoms with E-state index in [-0.39, 0.29) is 16.7 Å². The molecule has 1 atom stereocenters. The van der Waals surface area contributed by atoms with E-state index in [2.05, 4.69) is 0 Å². The number of aliphatic hydroxyl groups excluding tert-OH is 1. The number of hydrogen-bond acceptors (Lipinski definition) is 1. The average molecular weight is 252 g/mol. The number of aryl methyl sites for hydroxylation is 1. The molecule has 0 aliphatic rings. The monoisotopic (exact) mass is 252 g/mol. The first-order valence-electron chi connectivity index (χ1n) is 5.38. The van der Waals surface area contributed by atoms with Crippen molar-refractivity contribution in [2.45, 2.75) is 13.0 Å². The van der Waals surface area contributed by atoms with Crippen molar-refractivity contribution < 1.29 is 18.3 Å². The van der Waals surface area contributed by atoms with Gasteiger partial charge in [-0.2, -0.15) is 0 Å². The van der Waals surface area contributed by atoms with Gasteiger partial charge in [-0.3, -0.25) is 0 Å². The third kappa shape index (κ3) is 2.24. The summed E-state index contributed by atoms with van der Waals surface area (Å²) in [7, 11) is 0. The molecule has 0 fully saturated rings. The Kier molecular flexibility index (Phi) is 3.39. The fourth-order valence-electron chi connectivity index (χ4n) is 1.75. The minimum Gasteiger partial charge on any atom is -0.383 e. The van der Waals surface area contributed by atoms with Gasteiger partial charge in [0.05, 0.1) is 0 Å². The Labute approximate surface area is 103 Å². The van der Waals surface area contributed by atoms with Crippen molar-refractivity contribution in [3.05, 3.63) is 70.5 Å². The lowest BCUT2D eigenvalue weighted by molar-refractivity contribution is 0.209. The highest BCUT2D eigenvalue weighted by Crippen LogP contribution is 2.27. The molecule has 0 saturated carbocycles. The Morgan fingerprint density at radius 2 is 1.56 bits per heavy atom. The van der Waals surface area contributed by atoms with Gasteiger partial charge < -0.3 is 5.11 Å². The first-order valence-corrected chi connectivity index (χ1v) is 5.38. The summed E-state index contributed by atoms with van der Waals surface area (Å²) in [4.78, 5) is 0. The second-order valence-electron chi connectivity index (χ2n) is 4.05. The van der Waals surface area contributed by atoms with E-state index in [4.69, 9.17) is 0 Å². The zero-order valence-electron chi connectivity index (χ0n) is 9.62. The summed E-state index contributed by atoms with van der Waals surface area (Å²) >= 11 is 0. The normalized spacial score (nSPS) is 12.5. The lowest BCUT2D eigenvalue weighted by Crippen LogP contribution is -2.06. The zero-order valence-corrected chi connectivity index (χ0v) is 9.62. The smallest absolute Gasteiger partial charge is 0.132 e. The van der Waals surface area contributed by atoms with Crippen molar-refractivity contribution in [2.24, 2.45) is 0 Å². The number of hydrogen-bond donors (Lipinski definition) is 1. The van der Waals surface area contributed by atoms with Crippen LogP contribution in [0.4, 0.5) is 13.2 Å². The number of rotatable bonds is 2. The van der Waals surface area contributed by atoms with Crippen LogP contribution >= 0.6 is 0 Å². The van der Waals surface area contributed by atoms with E-state index in [1.54, 1.807) is 0 Å². The highest BCUT2D eigenvalue weighted by atomic mass is 19.1. The predicted molar refractivity (Wildman–Crippen MR) is 61.6 cm³/mol. The van der Waals surface area contributed by atoms with Gasteiger partial charge in [0.25, 0.3) is 0 Å². The molecule has 18 heavy (non-hydrogen) atoms. The second-order valence-corrected chi connectivity index (χ2v) is 4.05. The summed E-state index contributed by atoms with van der Waals surface area (Å²) in [6, 6.07) is 7.41. The fraction of sp³-hybridized carbons (Fsp3) is 0.143. The van der Waals surface area contributed by atoms with Crippen molar-refractivity contribution >= 4 is 0 Å². The van der Waals surface area contributed by atoms with E-state index in [1.165, 1.54) is 37.3 Å². The lowest BCUT2D eigenvalue weighted by Gasteiger charge is -2.14.